The molecule has 4 aromatic rings. The normalized spacial score (nSPS) is 11.2. The first kappa shape index (κ1) is 18.0. The van der Waals surface area contributed by atoms with E-state index in [1.54, 1.807) is 24.3 Å². The first-order valence-corrected chi connectivity index (χ1v) is 9.20. The fraction of sp³-hybridized carbons (Fsp3) is 0. The maximum atomic E-state index is 13.0. The van der Waals surface area contributed by atoms with Crippen molar-refractivity contribution in [1.29, 1.82) is 0 Å². The minimum absolute atomic E-state index is 0.105. The predicted octanol–water partition coefficient (Wildman–Crippen LogP) is 5.74. The standard InChI is InChI=1S/C24H16ClNO2/c25-18-12-13-20-19(15-18)22(17-9-5-2-6-10-17)23(24(28)26-20)21(27)14-11-16-7-3-1-4-8-16/h1-15H,(H,26,28)/b14-11+. The molecule has 3 aromatic carbocycles. The molecule has 0 aliphatic heterocycles. The summed E-state index contributed by atoms with van der Waals surface area (Å²) in [6, 6.07) is 24.1. The number of benzene rings is 3. The van der Waals surface area contributed by atoms with Crippen LogP contribution in [0.3, 0.4) is 0 Å². The summed E-state index contributed by atoms with van der Waals surface area (Å²) >= 11 is 6.20. The van der Waals surface area contributed by atoms with Crippen LogP contribution in [-0.4, -0.2) is 10.8 Å². The number of allylic oxidation sites excluding steroid dienone is 1. The molecule has 0 aliphatic carbocycles. The number of hydrogen-bond acceptors (Lipinski definition) is 2. The lowest BCUT2D eigenvalue weighted by Gasteiger charge is -2.11. The molecule has 0 saturated carbocycles. The maximum Gasteiger partial charge on any atom is 0.260 e. The molecular formula is C24H16ClNO2. The number of aromatic nitrogens is 1. The van der Waals surface area contributed by atoms with Crippen molar-refractivity contribution in [3.63, 3.8) is 0 Å². The minimum atomic E-state index is -0.420. The number of hydrogen-bond donors (Lipinski definition) is 1. The van der Waals surface area contributed by atoms with Gasteiger partial charge in [-0.2, -0.15) is 0 Å². The number of rotatable bonds is 4. The third-order valence-electron chi connectivity index (χ3n) is 4.51. The number of ketones is 1. The van der Waals surface area contributed by atoms with Crippen molar-refractivity contribution in [3.8, 4) is 11.1 Å². The SMILES string of the molecule is O=C(/C=C/c1ccccc1)c1c(-c2ccccc2)c2cc(Cl)ccc2[nH]c1=O. The molecular weight excluding hydrogens is 370 g/mol. The monoisotopic (exact) mass is 385 g/mol. The van der Waals surface area contributed by atoms with E-state index in [1.807, 2.05) is 60.7 Å². The molecule has 0 amide bonds. The number of aromatic amines is 1. The lowest BCUT2D eigenvalue weighted by molar-refractivity contribution is 0.104. The second kappa shape index (κ2) is 7.67. The Morgan fingerprint density at radius 3 is 2.29 bits per heavy atom. The third-order valence-corrected chi connectivity index (χ3v) is 4.75. The highest BCUT2D eigenvalue weighted by molar-refractivity contribution is 6.31. The molecule has 28 heavy (non-hydrogen) atoms. The lowest BCUT2D eigenvalue weighted by Crippen LogP contribution is -2.18. The molecule has 1 N–H and O–H groups in total. The van der Waals surface area contributed by atoms with Gasteiger partial charge in [-0.25, -0.2) is 0 Å². The highest BCUT2D eigenvalue weighted by atomic mass is 35.5. The smallest absolute Gasteiger partial charge is 0.260 e. The molecule has 1 heterocycles. The first-order chi connectivity index (χ1) is 13.6. The summed E-state index contributed by atoms with van der Waals surface area (Å²) in [5.74, 6) is -0.356. The Labute approximate surface area is 166 Å². The van der Waals surface area contributed by atoms with Gasteiger partial charge in [-0.3, -0.25) is 9.59 Å². The fourth-order valence-corrected chi connectivity index (χ4v) is 3.40. The summed E-state index contributed by atoms with van der Waals surface area (Å²) < 4.78 is 0. The zero-order chi connectivity index (χ0) is 19.5. The van der Waals surface area contributed by atoms with Crippen LogP contribution in [0.2, 0.25) is 5.02 Å². The third kappa shape index (κ3) is 3.53. The van der Waals surface area contributed by atoms with Crippen LogP contribution in [0.1, 0.15) is 15.9 Å². The molecule has 0 atom stereocenters. The van der Waals surface area contributed by atoms with Crippen molar-refractivity contribution in [3.05, 3.63) is 111 Å². The van der Waals surface area contributed by atoms with E-state index in [2.05, 4.69) is 4.98 Å². The molecule has 0 radical (unpaired) electrons. The highest BCUT2D eigenvalue weighted by Gasteiger charge is 2.19. The molecule has 0 bridgehead atoms. The van der Waals surface area contributed by atoms with Gasteiger partial charge in [-0.05, 0) is 35.4 Å². The van der Waals surface area contributed by atoms with Crippen molar-refractivity contribution in [2.75, 3.05) is 0 Å². The van der Waals surface area contributed by atoms with E-state index >= 15 is 0 Å². The van der Waals surface area contributed by atoms with Crippen molar-refractivity contribution in [2.45, 2.75) is 0 Å². The zero-order valence-corrected chi connectivity index (χ0v) is 15.6. The molecule has 1 aromatic heterocycles. The van der Waals surface area contributed by atoms with Crippen LogP contribution in [0.25, 0.3) is 28.1 Å². The van der Waals surface area contributed by atoms with Gasteiger partial charge in [0.25, 0.3) is 5.56 Å². The van der Waals surface area contributed by atoms with Crippen LogP contribution in [0, 0.1) is 0 Å². The van der Waals surface area contributed by atoms with E-state index in [4.69, 9.17) is 11.6 Å². The topological polar surface area (TPSA) is 49.9 Å². The van der Waals surface area contributed by atoms with E-state index < -0.39 is 5.56 Å². The van der Waals surface area contributed by atoms with Gasteiger partial charge >= 0.3 is 0 Å². The Morgan fingerprint density at radius 2 is 1.57 bits per heavy atom. The van der Waals surface area contributed by atoms with Gasteiger partial charge in [-0.1, -0.05) is 78.3 Å². The van der Waals surface area contributed by atoms with Crippen LogP contribution in [0.15, 0.2) is 89.7 Å². The molecule has 4 heteroatoms. The lowest BCUT2D eigenvalue weighted by atomic mass is 9.94. The number of H-pyrrole nitrogens is 1. The van der Waals surface area contributed by atoms with Gasteiger partial charge in [0.2, 0.25) is 0 Å². The second-order valence-electron chi connectivity index (χ2n) is 6.37. The van der Waals surface area contributed by atoms with E-state index in [-0.39, 0.29) is 11.3 Å². The number of nitrogens with one attached hydrogen (secondary N) is 1. The zero-order valence-electron chi connectivity index (χ0n) is 14.9. The Kier molecular flexibility index (Phi) is 4.92. The summed E-state index contributed by atoms with van der Waals surface area (Å²) in [5, 5.41) is 1.27. The van der Waals surface area contributed by atoms with Gasteiger partial charge in [0.1, 0.15) is 0 Å². The molecule has 136 valence electrons. The summed E-state index contributed by atoms with van der Waals surface area (Å²) in [6.07, 6.45) is 3.14. The van der Waals surface area contributed by atoms with Crippen LogP contribution in [0.5, 0.6) is 0 Å². The van der Waals surface area contributed by atoms with Crippen molar-refractivity contribution in [2.24, 2.45) is 0 Å². The van der Waals surface area contributed by atoms with Gasteiger partial charge in [0.15, 0.2) is 5.78 Å². The Balaban J connectivity index is 1.95. The van der Waals surface area contributed by atoms with Crippen molar-refractivity contribution in [1.82, 2.24) is 4.98 Å². The highest BCUT2D eigenvalue weighted by Crippen LogP contribution is 2.31. The van der Waals surface area contributed by atoms with Crippen LogP contribution in [-0.2, 0) is 0 Å². The van der Waals surface area contributed by atoms with Crippen molar-refractivity contribution < 1.29 is 4.79 Å². The number of carbonyl (C=O) groups excluding carboxylic acids is 1. The molecule has 4 rings (SSSR count). The Bertz CT molecular complexity index is 1240. The quantitative estimate of drug-likeness (QED) is 0.359. The van der Waals surface area contributed by atoms with Gasteiger partial charge < -0.3 is 4.98 Å². The van der Waals surface area contributed by atoms with E-state index in [1.165, 1.54) is 6.08 Å². The number of carbonyl (C=O) groups is 1. The van der Waals surface area contributed by atoms with Crippen LogP contribution >= 0.6 is 11.6 Å². The van der Waals surface area contributed by atoms with E-state index in [9.17, 15) is 9.59 Å². The molecule has 0 saturated heterocycles. The number of fused-ring (bicyclic) bond motifs is 1. The second-order valence-corrected chi connectivity index (χ2v) is 6.80. The predicted molar refractivity (Wildman–Crippen MR) is 115 cm³/mol. The summed E-state index contributed by atoms with van der Waals surface area (Å²) in [5.41, 5.74) is 2.58. The summed E-state index contributed by atoms with van der Waals surface area (Å²) in [4.78, 5) is 28.6. The van der Waals surface area contributed by atoms with Crippen LogP contribution < -0.4 is 5.56 Å². The molecule has 3 nitrogen and oxygen atoms in total. The number of pyridine rings is 1. The van der Waals surface area contributed by atoms with Crippen molar-refractivity contribution >= 4 is 34.4 Å². The molecule has 0 aliphatic rings. The molecule has 0 unspecified atom stereocenters. The van der Waals surface area contributed by atoms with E-state index in [0.29, 0.717) is 16.1 Å². The average Bonchev–Trinajstić information content (AvgIpc) is 2.73. The van der Waals surface area contributed by atoms with Gasteiger partial charge in [0, 0.05) is 21.5 Å². The molecule has 0 fully saturated rings. The van der Waals surface area contributed by atoms with Crippen LogP contribution in [0.4, 0.5) is 0 Å². The maximum absolute atomic E-state index is 13.0. The number of halogens is 1. The minimum Gasteiger partial charge on any atom is -0.321 e. The summed E-state index contributed by atoms with van der Waals surface area (Å²) in [6.45, 7) is 0. The summed E-state index contributed by atoms with van der Waals surface area (Å²) in [7, 11) is 0. The first-order valence-electron chi connectivity index (χ1n) is 8.82. The largest absolute Gasteiger partial charge is 0.321 e. The average molecular weight is 386 g/mol. The molecule has 0 spiro atoms. The van der Waals surface area contributed by atoms with Gasteiger partial charge in [0.05, 0.1) is 5.56 Å². The van der Waals surface area contributed by atoms with E-state index in [0.717, 1.165) is 16.5 Å². The fourth-order valence-electron chi connectivity index (χ4n) is 3.22. The van der Waals surface area contributed by atoms with Gasteiger partial charge in [-0.15, -0.1) is 0 Å². The Morgan fingerprint density at radius 1 is 0.893 bits per heavy atom. The Hall–Kier alpha value is -3.43.